The molecule has 1 heterocycles. The van der Waals surface area contributed by atoms with E-state index in [0.717, 1.165) is 12.2 Å². The van der Waals surface area contributed by atoms with E-state index in [2.05, 4.69) is 25.8 Å². The van der Waals surface area contributed by atoms with Gasteiger partial charge in [-0.3, -0.25) is 4.79 Å². The number of halogens is 2. The van der Waals surface area contributed by atoms with Crippen LogP contribution in [0.25, 0.3) is 0 Å². The summed E-state index contributed by atoms with van der Waals surface area (Å²) in [5, 5.41) is 14.3. The molecule has 2 rings (SSSR count). The first kappa shape index (κ1) is 24.8. The van der Waals surface area contributed by atoms with Crippen molar-refractivity contribution in [3.8, 4) is 0 Å². The van der Waals surface area contributed by atoms with Gasteiger partial charge in [-0.15, -0.1) is 34.2 Å². The van der Waals surface area contributed by atoms with Crippen LogP contribution in [0.5, 0.6) is 0 Å². The van der Waals surface area contributed by atoms with E-state index < -0.39 is 0 Å². The third-order valence-electron chi connectivity index (χ3n) is 4.17. The maximum absolute atomic E-state index is 13.7. The third-order valence-corrected chi connectivity index (χ3v) is 4.17. The zero-order valence-electron chi connectivity index (χ0n) is 17.1. The zero-order chi connectivity index (χ0) is 20.4. The Bertz CT molecular complexity index is 794. The Morgan fingerprint density at radius 1 is 1.24 bits per heavy atom. The summed E-state index contributed by atoms with van der Waals surface area (Å²) in [6.45, 7) is 3.82. The van der Waals surface area contributed by atoms with Gasteiger partial charge in [0.05, 0.1) is 0 Å². The molecular formula is C19H29FIN7O. The van der Waals surface area contributed by atoms with E-state index in [1.807, 2.05) is 17.6 Å². The highest BCUT2D eigenvalue weighted by Crippen LogP contribution is 2.06. The molecule has 1 aromatic heterocycles. The normalized spacial score (nSPS) is 11.0. The number of likely N-dealkylation sites (N-methyl/N-ethyl adjacent to an activating group) is 1. The van der Waals surface area contributed by atoms with Gasteiger partial charge in [0.1, 0.15) is 24.5 Å². The van der Waals surface area contributed by atoms with Gasteiger partial charge < -0.3 is 20.1 Å². The predicted octanol–water partition coefficient (Wildman–Crippen LogP) is 1.46. The van der Waals surface area contributed by atoms with Gasteiger partial charge in [-0.2, -0.15) is 0 Å². The van der Waals surface area contributed by atoms with Gasteiger partial charge in [0, 0.05) is 40.2 Å². The number of carbonyl (C=O) groups excluding carboxylic acids is 1. The smallest absolute Gasteiger partial charge is 0.243 e. The number of nitrogens with zero attached hydrogens (tertiary/aromatic N) is 5. The fourth-order valence-corrected chi connectivity index (χ4v) is 2.51. The molecule has 1 aromatic carbocycles. The van der Waals surface area contributed by atoms with Crippen molar-refractivity contribution < 1.29 is 9.18 Å². The van der Waals surface area contributed by atoms with Gasteiger partial charge in [0.25, 0.3) is 0 Å². The topological polar surface area (TPSA) is 87.4 Å². The van der Waals surface area contributed by atoms with Crippen LogP contribution in [0.15, 0.2) is 35.6 Å². The second-order valence-corrected chi connectivity index (χ2v) is 6.44. The molecule has 0 aliphatic carbocycles. The van der Waals surface area contributed by atoms with E-state index in [1.54, 1.807) is 32.6 Å². The molecule has 10 heteroatoms. The maximum atomic E-state index is 13.7. The lowest BCUT2D eigenvalue weighted by atomic mass is 10.1. The fourth-order valence-electron chi connectivity index (χ4n) is 2.51. The van der Waals surface area contributed by atoms with Crippen molar-refractivity contribution in [3.63, 3.8) is 0 Å². The second-order valence-electron chi connectivity index (χ2n) is 6.44. The van der Waals surface area contributed by atoms with Crippen LogP contribution in [0.4, 0.5) is 4.39 Å². The molecule has 29 heavy (non-hydrogen) atoms. The molecule has 0 spiro atoms. The molecule has 0 bridgehead atoms. The summed E-state index contributed by atoms with van der Waals surface area (Å²) >= 11 is 0. The summed E-state index contributed by atoms with van der Waals surface area (Å²) in [5.41, 5.74) is 0.635. The van der Waals surface area contributed by atoms with E-state index in [9.17, 15) is 9.18 Å². The average Bonchev–Trinajstić information content (AvgIpc) is 3.14. The highest BCUT2D eigenvalue weighted by Gasteiger charge is 2.07. The number of hydrogen-bond acceptors (Lipinski definition) is 4. The van der Waals surface area contributed by atoms with Crippen LogP contribution >= 0.6 is 24.0 Å². The van der Waals surface area contributed by atoms with E-state index in [-0.39, 0.29) is 42.2 Å². The number of amides is 1. The first-order valence-electron chi connectivity index (χ1n) is 9.33. The average molecular weight is 517 g/mol. The molecule has 2 N–H and O–H groups in total. The minimum Gasteiger partial charge on any atom is -0.356 e. The standard InChI is InChI=1S/C19H28FN7O.HI/c1-4-17-25-24-14-27(17)12-11-22-19(23-13-18(28)26(2)3)21-10-9-15-7-5-6-8-16(15)20;/h5-8,14H,4,9-13H2,1-3H3,(H2,21,22,23);1H. The van der Waals surface area contributed by atoms with Crippen molar-refractivity contribution in [2.45, 2.75) is 26.3 Å². The van der Waals surface area contributed by atoms with Crippen LogP contribution in [0.2, 0.25) is 0 Å². The van der Waals surface area contributed by atoms with E-state index in [0.29, 0.717) is 37.6 Å². The van der Waals surface area contributed by atoms with Crippen LogP contribution in [-0.4, -0.2) is 65.3 Å². The lowest BCUT2D eigenvalue weighted by Gasteiger charge is -2.14. The zero-order valence-corrected chi connectivity index (χ0v) is 19.4. The van der Waals surface area contributed by atoms with E-state index >= 15 is 0 Å². The van der Waals surface area contributed by atoms with Crippen LogP contribution in [0.3, 0.4) is 0 Å². The maximum Gasteiger partial charge on any atom is 0.243 e. The summed E-state index contributed by atoms with van der Waals surface area (Å²) in [4.78, 5) is 17.6. The van der Waals surface area contributed by atoms with Crippen LogP contribution in [-0.2, 0) is 24.2 Å². The predicted molar refractivity (Wildman–Crippen MR) is 122 cm³/mol. The van der Waals surface area contributed by atoms with Crippen molar-refractivity contribution in [1.29, 1.82) is 0 Å². The van der Waals surface area contributed by atoms with Crippen molar-refractivity contribution >= 4 is 35.8 Å². The van der Waals surface area contributed by atoms with Crippen LogP contribution in [0.1, 0.15) is 18.3 Å². The van der Waals surface area contributed by atoms with Crippen molar-refractivity contribution in [2.75, 3.05) is 33.7 Å². The number of aromatic nitrogens is 3. The first-order valence-corrected chi connectivity index (χ1v) is 9.33. The highest BCUT2D eigenvalue weighted by atomic mass is 127. The van der Waals surface area contributed by atoms with Crippen LogP contribution < -0.4 is 10.6 Å². The number of carbonyl (C=O) groups is 1. The number of rotatable bonds is 9. The summed E-state index contributed by atoms with van der Waals surface area (Å²) in [7, 11) is 3.38. The van der Waals surface area contributed by atoms with Gasteiger partial charge in [0.15, 0.2) is 5.96 Å². The van der Waals surface area contributed by atoms with Gasteiger partial charge in [0.2, 0.25) is 5.91 Å². The Morgan fingerprint density at radius 2 is 1.97 bits per heavy atom. The molecule has 2 aromatic rings. The molecule has 0 saturated carbocycles. The minimum absolute atomic E-state index is 0. The summed E-state index contributed by atoms with van der Waals surface area (Å²) in [6, 6.07) is 6.69. The van der Waals surface area contributed by atoms with Crippen molar-refractivity contribution in [1.82, 2.24) is 30.3 Å². The Morgan fingerprint density at radius 3 is 2.66 bits per heavy atom. The number of guanidine groups is 1. The molecule has 0 aliphatic heterocycles. The largest absolute Gasteiger partial charge is 0.356 e. The molecule has 0 saturated heterocycles. The number of hydrogen-bond donors (Lipinski definition) is 2. The molecule has 0 aliphatic rings. The molecular weight excluding hydrogens is 488 g/mol. The fraction of sp³-hybridized carbons (Fsp3) is 0.474. The molecule has 0 unspecified atom stereocenters. The lowest BCUT2D eigenvalue weighted by molar-refractivity contribution is -0.127. The Labute approximate surface area is 188 Å². The highest BCUT2D eigenvalue weighted by molar-refractivity contribution is 14.0. The first-order chi connectivity index (χ1) is 13.5. The monoisotopic (exact) mass is 517 g/mol. The number of aryl methyl sites for hydroxylation is 1. The number of benzene rings is 1. The molecule has 160 valence electrons. The summed E-state index contributed by atoms with van der Waals surface area (Å²) < 4.78 is 15.7. The summed E-state index contributed by atoms with van der Waals surface area (Å²) in [6.07, 6.45) is 3.01. The molecule has 8 nitrogen and oxygen atoms in total. The molecule has 0 radical (unpaired) electrons. The van der Waals surface area contributed by atoms with E-state index in [4.69, 9.17) is 0 Å². The number of nitrogens with one attached hydrogen (secondary N) is 2. The van der Waals surface area contributed by atoms with Gasteiger partial charge in [-0.1, -0.05) is 25.1 Å². The molecule has 0 fully saturated rings. The van der Waals surface area contributed by atoms with Gasteiger partial charge in [-0.25, -0.2) is 9.38 Å². The quantitative estimate of drug-likeness (QED) is 0.299. The van der Waals surface area contributed by atoms with Gasteiger partial charge in [-0.05, 0) is 18.1 Å². The minimum atomic E-state index is -0.224. The van der Waals surface area contributed by atoms with Crippen LogP contribution in [0, 0.1) is 5.82 Å². The van der Waals surface area contributed by atoms with Crippen molar-refractivity contribution in [3.05, 3.63) is 47.8 Å². The van der Waals surface area contributed by atoms with Crippen molar-refractivity contribution in [2.24, 2.45) is 4.99 Å². The molecule has 1 amide bonds. The Kier molecular flexibility index (Phi) is 11.2. The third kappa shape index (κ3) is 8.34. The molecule has 0 atom stereocenters. The number of aliphatic imine (C=N–C) groups is 1. The van der Waals surface area contributed by atoms with Gasteiger partial charge >= 0.3 is 0 Å². The summed E-state index contributed by atoms with van der Waals surface area (Å²) in [5.74, 6) is 1.11. The SMILES string of the molecule is CCc1nncn1CCNC(=NCC(=O)N(C)C)NCCc1ccccc1F.I. The lowest BCUT2D eigenvalue weighted by Crippen LogP contribution is -2.41. The Balaban J connectivity index is 0.00000420. The second kappa shape index (κ2) is 13.1. The van der Waals surface area contributed by atoms with E-state index in [1.165, 1.54) is 11.0 Å². The Hall–Kier alpha value is -2.24.